The van der Waals surface area contributed by atoms with Crippen LogP contribution in [0.1, 0.15) is 19.3 Å². The van der Waals surface area contributed by atoms with E-state index in [1.165, 1.54) is 0 Å². The summed E-state index contributed by atoms with van der Waals surface area (Å²) in [7, 11) is 1.01. The van der Waals surface area contributed by atoms with Crippen LogP contribution < -0.4 is 10.6 Å². The van der Waals surface area contributed by atoms with E-state index in [0.717, 1.165) is 30.8 Å². The van der Waals surface area contributed by atoms with Crippen molar-refractivity contribution in [1.82, 2.24) is 10.6 Å². The van der Waals surface area contributed by atoms with Gasteiger partial charge in [-0.3, -0.25) is 9.00 Å². The number of amides is 1. The molecule has 1 fully saturated rings. The van der Waals surface area contributed by atoms with Crippen LogP contribution in [0.15, 0.2) is 0 Å². The van der Waals surface area contributed by atoms with Gasteiger partial charge in [0.2, 0.25) is 5.91 Å². The number of nitrogens with one attached hydrogen (secondary N) is 2. The first-order chi connectivity index (χ1) is 8.22. The summed E-state index contributed by atoms with van der Waals surface area (Å²) in [5.41, 5.74) is 0. The van der Waals surface area contributed by atoms with Crippen molar-refractivity contribution >= 4 is 16.7 Å². The molecule has 100 valence electrons. The van der Waals surface area contributed by atoms with Gasteiger partial charge >= 0.3 is 0 Å². The van der Waals surface area contributed by atoms with Crippen LogP contribution in [0.3, 0.4) is 0 Å². The molecule has 5 nitrogen and oxygen atoms in total. The Kier molecular flexibility index (Phi) is 7.39. The predicted octanol–water partition coefficient (Wildman–Crippen LogP) is -0.360. The van der Waals surface area contributed by atoms with Gasteiger partial charge in [0.05, 0.1) is 6.54 Å². The van der Waals surface area contributed by atoms with E-state index in [4.69, 9.17) is 4.74 Å². The summed E-state index contributed by atoms with van der Waals surface area (Å²) in [6.45, 7) is 1.68. The monoisotopic (exact) mass is 262 g/mol. The molecule has 0 aliphatic carbocycles. The third-order valence-corrected chi connectivity index (χ3v) is 4.17. The normalized spacial score (nSPS) is 24.5. The van der Waals surface area contributed by atoms with Gasteiger partial charge in [-0.15, -0.1) is 0 Å². The molecule has 0 spiro atoms. The van der Waals surface area contributed by atoms with Crippen LogP contribution in [0.25, 0.3) is 0 Å². The number of rotatable bonds is 7. The molecule has 17 heavy (non-hydrogen) atoms. The van der Waals surface area contributed by atoms with E-state index in [9.17, 15) is 9.00 Å². The highest BCUT2D eigenvalue weighted by atomic mass is 32.2. The van der Waals surface area contributed by atoms with E-state index >= 15 is 0 Å². The lowest BCUT2D eigenvalue weighted by Gasteiger charge is -2.22. The summed E-state index contributed by atoms with van der Waals surface area (Å²) in [5.74, 6) is 1.54. The van der Waals surface area contributed by atoms with E-state index in [0.29, 0.717) is 25.7 Å². The highest BCUT2D eigenvalue weighted by Crippen LogP contribution is 2.08. The van der Waals surface area contributed by atoms with Crippen molar-refractivity contribution in [2.75, 3.05) is 38.3 Å². The van der Waals surface area contributed by atoms with Gasteiger partial charge in [0.25, 0.3) is 0 Å². The SMILES string of the molecule is COCCCNC(=O)CNC1CCS(=O)CC1. The zero-order valence-corrected chi connectivity index (χ0v) is 11.2. The van der Waals surface area contributed by atoms with Crippen molar-refractivity contribution in [3.8, 4) is 0 Å². The Morgan fingerprint density at radius 2 is 2.12 bits per heavy atom. The van der Waals surface area contributed by atoms with Gasteiger partial charge in [0, 0.05) is 48.6 Å². The lowest BCUT2D eigenvalue weighted by atomic mass is 10.1. The lowest BCUT2D eigenvalue weighted by molar-refractivity contribution is -0.120. The number of ether oxygens (including phenoxy) is 1. The van der Waals surface area contributed by atoms with Crippen LogP contribution >= 0.6 is 0 Å². The molecule has 0 radical (unpaired) electrons. The highest BCUT2D eigenvalue weighted by molar-refractivity contribution is 7.85. The summed E-state index contributed by atoms with van der Waals surface area (Å²) in [6.07, 6.45) is 2.65. The fraction of sp³-hybridized carbons (Fsp3) is 0.909. The molecular formula is C11H22N2O3S. The van der Waals surface area contributed by atoms with Gasteiger partial charge in [-0.2, -0.15) is 0 Å². The molecule has 1 rings (SSSR count). The maximum atomic E-state index is 11.4. The second-order valence-corrected chi connectivity index (χ2v) is 5.90. The number of methoxy groups -OCH3 is 1. The molecule has 1 heterocycles. The number of carbonyl (C=O) groups excluding carboxylic acids is 1. The quantitative estimate of drug-likeness (QED) is 0.615. The number of hydrogen-bond donors (Lipinski definition) is 2. The molecule has 0 aromatic heterocycles. The van der Waals surface area contributed by atoms with E-state index in [2.05, 4.69) is 10.6 Å². The number of carbonyl (C=O) groups is 1. The summed E-state index contributed by atoms with van der Waals surface area (Å²) < 4.78 is 16.0. The van der Waals surface area contributed by atoms with Gasteiger partial charge in [-0.05, 0) is 19.3 Å². The first-order valence-corrected chi connectivity index (χ1v) is 7.55. The minimum absolute atomic E-state index is 0.0211. The summed E-state index contributed by atoms with van der Waals surface area (Å²) in [5, 5.41) is 6.03. The van der Waals surface area contributed by atoms with Crippen LogP contribution in [-0.2, 0) is 20.3 Å². The standard InChI is InChI=1S/C11H22N2O3S/c1-16-6-2-5-12-11(14)9-13-10-3-7-17(15)8-4-10/h10,13H,2-9H2,1H3,(H,12,14). The Morgan fingerprint density at radius 3 is 2.76 bits per heavy atom. The molecule has 0 atom stereocenters. The van der Waals surface area contributed by atoms with E-state index < -0.39 is 10.8 Å². The largest absolute Gasteiger partial charge is 0.385 e. The maximum absolute atomic E-state index is 11.4. The van der Waals surface area contributed by atoms with Gasteiger partial charge in [-0.25, -0.2) is 0 Å². The zero-order chi connectivity index (χ0) is 12.5. The summed E-state index contributed by atoms with van der Waals surface area (Å²) in [4.78, 5) is 11.4. The van der Waals surface area contributed by atoms with Crippen LogP contribution in [0, 0.1) is 0 Å². The molecule has 0 aromatic rings. The Bertz CT molecular complexity index is 251. The molecular weight excluding hydrogens is 240 g/mol. The average Bonchev–Trinajstić information content (AvgIpc) is 2.34. The summed E-state index contributed by atoms with van der Waals surface area (Å²) in [6, 6.07) is 0.345. The van der Waals surface area contributed by atoms with Crippen LogP contribution in [0.5, 0.6) is 0 Å². The molecule has 6 heteroatoms. The van der Waals surface area contributed by atoms with Crippen molar-refractivity contribution in [1.29, 1.82) is 0 Å². The third-order valence-electron chi connectivity index (χ3n) is 2.79. The van der Waals surface area contributed by atoms with Crippen molar-refractivity contribution in [3.05, 3.63) is 0 Å². The minimum Gasteiger partial charge on any atom is -0.385 e. The summed E-state index contributed by atoms with van der Waals surface area (Å²) >= 11 is 0. The Balaban J connectivity index is 2.01. The molecule has 1 saturated heterocycles. The second-order valence-electron chi connectivity index (χ2n) is 4.20. The topological polar surface area (TPSA) is 67.4 Å². The van der Waals surface area contributed by atoms with Crippen LogP contribution in [0.4, 0.5) is 0 Å². The fourth-order valence-corrected chi connectivity index (χ4v) is 3.04. The van der Waals surface area contributed by atoms with Crippen molar-refractivity contribution < 1.29 is 13.7 Å². The fourth-order valence-electron chi connectivity index (χ4n) is 1.74. The van der Waals surface area contributed by atoms with Crippen molar-refractivity contribution in [3.63, 3.8) is 0 Å². The molecule has 0 unspecified atom stereocenters. The van der Waals surface area contributed by atoms with E-state index in [1.807, 2.05) is 0 Å². The van der Waals surface area contributed by atoms with Gasteiger partial charge in [-0.1, -0.05) is 0 Å². The highest BCUT2D eigenvalue weighted by Gasteiger charge is 2.17. The molecule has 1 aliphatic heterocycles. The minimum atomic E-state index is -0.637. The molecule has 1 amide bonds. The van der Waals surface area contributed by atoms with Crippen LogP contribution in [-0.4, -0.2) is 54.5 Å². The Hall–Kier alpha value is -0.460. The van der Waals surface area contributed by atoms with E-state index in [1.54, 1.807) is 7.11 Å². The van der Waals surface area contributed by atoms with Gasteiger partial charge in [0.1, 0.15) is 0 Å². The first kappa shape index (κ1) is 14.6. The molecule has 0 bridgehead atoms. The molecule has 1 aliphatic rings. The molecule has 0 saturated carbocycles. The van der Waals surface area contributed by atoms with Gasteiger partial charge in [0.15, 0.2) is 0 Å². The molecule has 2 N–H and O–H groups in total. The van der Waals surface area contributed by atoms with Crippen molar-refractivity contribution in [2.45, 2.75) is 25.3 Å². The van der Waals surface area contributed by atoms with E-state index in [-0.39, 0.29) is 5.91 Å². The maximum Gasteiger partial charge on any atom is 0.233 e. The molecule has 0 aromatic carbocycles. The zero-order valence-electron chi connectivity index (χ0n) is 10.4. The smallest absolute Gasteiger partial charge is 0.233 e. The first-order valence-electron chi connectivity index (χ1n) is 6.06. The lowest BCUT2D eigenvalue weighted by Crippen LogP contribution is -2.42. The third kappa shape index (κ3) is 6.75. The Labute approximate surface area is 105 Å². The van der Waals surface area contributed by atoms with Crippen molar-refractivity contribution in [2.24, 2.45) is 0 Å². The van der Waals surface area contributed by atoms with Crippen LogP contribution in [0.2, 0.25) is 0 Å². The Morgan fingerprint density at radius 1 is 1.41 bits per heavy atom. The predicted molar refractivity (Wildman–Crippen MR) is 68.4 cm³/mol. The van der Waals surface area contributed by atoms with Gasteiger partial charge < -0.3 is 15.4 Å². The average molecular weight is 262 g/mol. The number of hydrogen-bond acceptors (Lipinski definition) is 4. The second kappa shape index (κ2) is 8.60.